The number of ether oxygens (including phenoxy) is 2. The molecule has 0 unspecified atom stereocenters. The summed E-state index contributed by atoms with van der Waals surface area (Å²) in [6.45, 7) is 4.61. The third-order valence-electron chi connectivity index (χ3n) is 2.21. The van der Waals surface area contributed by atoms with Crippen LogP contribution in [-0.2, 0) is 4.74 Å². The molecule has 17 heavy (non-hydrogen) atoms. The summed E-state index contributed by atoms with van der Waals surface area (Å²) in [4.78, 5) is 8.27. The van der Waals surface area contributed by atoms with E-state index >= 15 is 0 Å². The lowest BCUT2D eigenvalue weighted by atomic mass is 10.1. The molecule has 0 aliphatic carbocycles. The Bertz CT molecular complexity index is 368. The van der Waals surface area contributed by atoms with Crippen LogP contribution in [0.25, 0.3) is 0 Å². The third-order valence-corrected chi connectivity index (χ3v) is 2.21. The first-order valence-electron chi connectivity index (χ1n) is 5.38. The summed E-state index contributed by atoms with van der Waals surface area (Å²) in [6.07, 6.45) is 1.49. The minimum absolute atomic E-state index is 0.235. The smallest absolute Gasteiger partial charge is 0.204 e. The Labute approximate surface area is 102 Å². The number of methoxy groups -OCH3 is 2. The zero-order chi connectivity index (χ0) is 12.9. The standard InChI is InChI=1S/C11H20N4O2/c1-11(2,6-16-4)15-10-8(17-5)9(12-3)13-7-14-10/h7H,6H2,1-5H3,(H2,12,13,14,15). The van der Waals surface area contributed by atoms with Gasteiger partial charge in [-0.3, -0.25) is 0 Å². The molecule has 96 valence electrons. The first-order valence-corrected chi connectivity index (χ1v) is 5.38. The van der Waals surface area contributed by atoms with Crippen molar-refractivity contribution < 1.29 is 9.47 Å². The van der Waals surface area contributed by atoms with Crippen LogP contribution in [0.15, 0.2) is 6.33 Å². The van der Waals surface area contributed by atoms with Crippen LogP contribution in [0.4, 0.5) is 11.6 Å². The van der Waals surface area contributed by atoms with Crippen molar-refractivity contribution in [2.24, 2.45) is 0 Å². The van der Waals surface area contributed by atoms with E-state index in [1.54, 1.807) is 21.3 Å². The summed E-state index contributed by atoms with van der Waals surface area (Å²) in [7, 11) is 5.04. The zero-order valence-electron chi connectivity index (χ0n) is 11.0. The van der Waals surface area contributed by atoms with E-state index in [0.29, 0.717) is 24.0 Å². The van der Waals surface area contributed by atoms with E-state index in [-0.39, 0.29) is 5.54 Å². The third kappa shape index (κ3) is 3.45. The summed E-state index contributed by atoms with van der Waals surface area (Å²) in [6, 6.07) is 0. The topological polar surface area (TPSA) is 68.3 Å². The van der Waals surface area contributed by atoms with Gasteiger partial charge in [0.1, 0.15) is 6.33 Å². The van der Waals surface area contributed by atoms with Gasteiger partial charge >= 0.3 is 0 Å². The van der Waals surface area contributed by atoms with Crippen molar-refractivity contribution in [3.63, 3.8) is 0 Å². The predicted molar refractivity (Wildman–Crippen MR) is 67.7 cm³/mol. The molecule has 0 aliphatic rings. The minimum Gasteiger partial charge on any atom is -0.490 e. The van der Waals surface area contributed by atoms with E-state index in [9.17, 15) is 0 Å². The maximum Gasteiger partial charge on any atom is 0.204 e. The van der Waals surface area contributed by atoms with Gasteiger partial charge in [0.25, 0.3) is 0 Å². The molecule has 1 rings (SSSR count). The summed E-state index contributed by atoms with van der Waals surface area (Å²) in [5.74, 6) is 1.89. The molecule has 6 heteroatoms. The molecule has 0 amide bonds. The molecule has 2 N–H and O–H groups in total. The van der Waals surface area contributed by atoms with Gasteiger partial charge < -0.3 is 20.1 Å². The SMILES string of the molecule is CNc1ncnc(NC(C)(C)COC)c1OC. The van der Waals surface area contributed by atoms with Gasteiger partial charge in [-0.2, -0.15) is 0 Å². The highest BCUT2D eigenvalue weighted by atomic mass is 16.5. The number of rotatable bonds is 6. The highest BCUT2D eigenvalue weighted by molar-refractivity contribution is 5.63. The average Bonchev–Trinajstić information content (AvgIpc) is 2.27. The Balaban J connectivity index is 2.98. The monoisotopic (exact) mass is 240 g/mol. The second-order valence-corrected chi connectivity index (χ2v) is 4.30. The van der Waals surface area contributed by atoms with Gasteiger partial charge in [-0.1, -0.05) is 0 Å². The van der Waals surface area contributed by atoms with Gasteiger partial charge in [-0.25, -0.2) is 9.97 Å². The van der Waals surface area contributed by atoms with Crippen LogP contribution in [0.2, 0.25) is 0 Å². The van der Waals surface area contributed by atoms with E-state index < -0.39 is 0 Å². The van der Waals surface area contributed by atoms with E-state index in [1.807, 2.05) is 13.8 Å². The second kappa shape index (κ2) is 5.67. The van der Waals surface area contributed by atoms with Gasteiger partial charge in [-0.15, -0.1) is 0 Å². The lowest BCUT2D eigenvalue weighted by Gasteiger charge is -2.26. The highest BCUT2D eigenvalue weighted by Gasteiger charge is 2.21. The Hall–Kier alpha value is -1.56. The first kappa shape index (κ1) is 13.5. The van der Waals surface area contributed by atoms with E-state index in [1.165, 1.54) is 6.33 Å². The van der Waals surface area contributed by atoms with Crippen molar-refractivity contribution >= 4 is 11.6 Å². The first-order chi connectivity index (χ1) is 8.04. The van der Waals surface area contributed by atoms with Crippen LogP contribution in [0, 0.1) is 0 Å². The van der Waals surface area contributed by atoms with Gasteiger partial charge in [0, 0.05) is 14.2 Å². The molecule has 0 saturated carbocycles. The molecule has 0 aliphatic heterocycles. The van der Waals surface area contributed by atoms with Crippen molar-refractivity contribution in [1.29, 1.82) is 0 Å². The number of nitrogens with one attached hydrogen (secondary N) is 2. The number of anilines is 2. The molecule has 1 heterocycles. The molecule has 0 aromatic carbocycles. The van der Waals surface area contributed by atoms with Crippen molar-refractivity contribution in [3.8, 4) is 5.75 Å². The fourth-order valence-electron chi connectivity index (χ4n) is 1.55. The molecular formula is C11H20N4O2. The van der Waals surface area contributed by atoms with Crippen LogP contribution in [0.5, 0.6) is 5.75 Å². The lowest BCUT2D eigenvalue weighted by Crippen LogP contribution is -2.36. The zero-order valence-corrected chi connectivity index (χ0v) is 11.0. The number of hydrogen-bond donors (Lipinski definition) is 2. The van der Waals surface area contributed by atoms with E-state index in [4.69, 9.17) is 9.47 Å². The Morgan fingerprint density at radius 1 is 1.24 bits per heavy atom. The minimum atomic E-state index is -0.235. The van der Waals surface area contributed by atoms with Crippen LogP contribution in [0.1, 0.15) is 13.8 Å². The van der Waals surface area contributed by atoms with Crippen molar-refractivity contribution in [2.75, 3.05) is 38.5 Å². The normalized spacial score (nSPS) is 11.1. The van der Waals surface area contributed by atoms with Crippen LogP contribution >= 0.6 is 0 Å². The van der Waals surface area contributed by atoms with Crippen molar-refractivity contribution in [2.45, 2.75) is 19.4 Å². The van der Waals surface area contributed by atoms with E-state index in [0.717, 1.165) is 0 Å². The quantitative estimate of drug-likeness (QED) is 0.782. The predicted octanol–water partition coefficient (Wildman–Crippen LogP) is 1.36. The van der Waals surface area contributed by atoms with E-state index in [2.05, 4.69) is 20.6 Å². The fraction of sp³-hybridized carbons (Fsp3) is 0.636. The average molecular weight is 240 g/mol. The Morgan fingerprint density at radius 3 is 2.41 bits per heavy atom. The number of aromatic nitrogens is 2. The summed E-state index contributed by atoms with van der Waals surface area (Å²) < 4.78 is 10.4. The highest BCUT2D eigenvalue weighted by Crippen LogP contribution is 2.30. The summed E-state index contributed by atoms with van der Waals surface area (Å²) >= 11 is 0. The molecule has 6 nitrogen and oxygen atoms in total. The maximum atomic E-state index is 5.30. The molecule has 0 bridgehead atoms. The molecule has 1 aromatic rings. The van der Waals surface area contributed by atoms with Crippen molar-refractivity contribution in [3.05, 3.63) is 6.33 Å². The number of nitrogens with zero attached hydrogens (tertiary/aromatic N) is 2. The molecule has 1 aromatic heterocycles. The summed E-state index contributed by atoms with van der Waals surface area (Å²) in [5, 5.41) is 6.23. The van der Waals surface area contributed by atoms with Crippen LogP contribution in [-0.4, -0.2) is 43.4 Å². The molecule has 0 radical (unpaired) electrons. The Kier molecular flexibility index (Phi) is 4.51. The largest absolute Gasteiger partial charge is 0.490 e. The van der Waals surface area contributed by atoms with Gasteiger partial charge in [0.15, 0.2) is 11.6 Å². The van der Waals surface area contributed by atoms with Gasteiger partial charge in [-0.05, 0) is 13.8 Å². The molecule has 0 atom stereocenters. The second-order valence-electron chi connectivity index (χ2n) is 4.30. The lowest BCUT2D eigenvalue weighted by molar-refractivity contribution is 0.158. The fourth-order valence-corrected chi connectivity index (χ4v) is 1.55. The maximum absolute atomic E-state index is 5.30. The molecule has 0 fully saturated rings. The van der Waals surface area contributed by atoms with Gasteiger partial charge in [0.05, 0.1) is 19.3 Å². The number of hydrogen-bond acceptors (Lipinski definition) is 6. The molecule has 0 saturated heterocycles. The molecular weight excluding hydrogens is 220 g/mol. The van der Waals surface area contributed by atoms with Gasteiger partial charge in [0.2, 0.25) is 5.75 Å². The molecule has 0 spiro atoms. The van der Waals surface area contributed by atoms with Crippen LogP contribution < -0.4 is 15.4 Å². The van der Waals surface area contributed by atoms with Crippen LogP contribution in [0.3, 0.4) is 0 Å². The van der Waals surface area contributed by atoms with Crippen molar-refractivity contribution in [1.82, 2.24) is 9.97 Å². The summed E-state index contributed by atoms with van der Waals surface area (Å²) in [5.41, 5.74) is -0.235. The Morgan fingerprint density at radius 2 is 1.88 bits per heavy atom.